The van der Waals surface area contributed by atoms with Crippen molar-refractivity contribution >= 4 is 5.69 Å². The van der Waals surface area contributed by atoms with Gasteiger partial charge in [-0.15, -0.1) is 0 Å². The Labute approximate surface area is 112 Å². The van der Waals surface area contributed by atoms with E-state index in [1.54, 1.807) is 0 Å². The minimum absolute atomic E-state index is 0.137. The summed E-state index contributed by atoms with van der Waals surface area (Å²) in [5.41, 5.74) is 9.68. The monoisotopic (exact) mass is 248 g/mol. The van der Waals surface area contributed by atoms with Gasteiger partial charge in [-0.1, -0.05) is 32.9 Å². The van der Waals surface area contributed by atoms with Gasteiger partial charge in [0, 0.05) is 17.8 Å². The molecule has 1 aromatic carbocycles. The maximum absolute atomic E-state index is 5.93. The molecule has 18 heavy (non-hydrogen) atoms. The number of benzene rings is 1. The fraction of sp³-hybridized carbons (Fsp3) is 0.625. The summed E-state index contributed by atoms with van der Waals surface area (Å²) >= 11 is 0. The van der Waals surface area contributed by atoms with Gasteiger partial charge in [0.1, 0.15) is 0 Å². The Kier molecular flexibility index (Phi) is 4.44. The van der Waals surface area contributed by atoms with E-state index in [0.717, 1.165) is 24.2 Å². The predicted molar refractivity (Wildman–Crippen MR) is 80.6 cm³/mol. The molecule has 0 aliphatic carbocycles. The molecule has 0 saturated heterocycles. The van der Waals surface area contributed by atoms with Gasteiger partial charge >= 0.3 is 0 Å². The first-order chi connectivity index (χ1) is 8.09. The third-order valence-corrected chi connectivity index (χ3v) is 3.09. The van der Waals surface area contributed by atoms with E-state index in [0.29, 0.717) is 5.41 Å². The topological polar surface area (TPSA) is 38.0 Å². The Bertz CT molecular complexity index is 400. The van der Waals surface area contributed by atoms with Crippen LogP contribution in [0.25, 0.3) is 0 Å². The van der Waals surface area contributed by atoms with E-state index < -0.39 is 0 Å². The normalized spacial score (nSPS) is 12.8. The second-order valence-corrected chi connectivity index (χ2v) is 7.17. The maximum Gasteiger partial charge on any atom is 0.0346 e. The van der Waals surface area contributed by atoms with Crippen molar-refractivity contribution in [1.82, 2.24) is 5.32 Å². The number of anilines is 1. The molecule has 0 aliphatic heterocycles. The van der Waals surface area contributed by atoms with Crippen molar-refractivity contribution < 1.29 is 0 Å². The van der Waals surface area contributed by atoms with Gasteiger partial charge in [0.05, 0.1) is 0 Å². The first kappa shape index (κ1) is 15.0. The van der Waals surface area contributed by atoms with Crippen LogP contribution in [0.3, 0.4) is 0 Å². The third kappa shape index (κ3) is 5.09. The molecular weight excluding hydrogens is 220 g/mol. The summed E-state index contributed by atoms with van der Waals surface area (Å²) in [7, 11) is 0. The molecule has 102 valence electrons. The van der Waals surface area contributed by atoms with Crippen molar-refractivity contribution in [2.45, 2.75) is 60.0 Å². The number of aryl methyl sites for hydroxylation is 1. The predicted octanol–water partition coefficient (Wildman–Crippen LogP) is 3.88. The Morgan fingerprint density at radius 1 is 1.11 bits per heavy atom. The fourth-order valence-electron chi connectivity index (χ4n) is 2.53. The van der Waals surface area contributed by atoms with E-state index in [1.165, 1.54) is 5.56 Å². The average molecular weight is 248 g/mol. The molecular formula is C16H28N2. The lowest BCUT2D eigenvalue weighted by Gasteiger charge is -2.33. The number of hydrogen-bond donors (Lipinski definition) is 2. The number of nitrogens with two attached hydrogens (primary N) is 1. The van der Waals surface area contributed by atoms with Crippen molar-refractivity contribution in [1.29, 1.82) is 0 Å². The van der Waals surface area contributed by atoms with E-state index in [4.69, 9.17) is 5.73 Å². The number of hydrogen-bond acceptors (Lipinski definition) is 2. The lowest BCUT2D eigenvalue weighted by molar-refractivity contribution is 0.241. The highest BCUT2D eigenvalue weighted by Gasteiger charge is 2.24. The molecule has 2 heteroatoms. The van der Waals surface area contributed by atoms with Gasteiger partial charge in [0.15, 0.2) is 0 Å². The van der Waals surface area contributed by atoms with Crippen LogP contribution in [0, 0.1) is 12.3 Å². The van der Waals surface area contributed by atoms with Gasteiger partial charge in [-0.3, -0.25) is 0 Å². The minimum atomic E-state index is 0.137. The molecule has 0 bridgehead atoms. The van der Waals surface area contributed by atoms with Gasteiger partial charge in [-0.05, 0) is 49.8 Å². The zero-order valence-corrected chi connectivity index (χ0v) is 12.7. The van der Waals surface area contributed by atoms with Crippen LogP contribution < -0.4 is 11.1 Å². The van der Waals surface area contributed by atoms with Crippen LogP contribution >= 0.6 is 0 Å². The maximum atomic E-state index is 5.93. The molecule has 2 nitrogen and oxygen atoms in total. The number of rotatable bonds is 4. The molecule has 1 rings (SSSR count). The van der Waals surface area contributed by atoms with Gasteiger partial charge in [-0.25, -0.2) is 0 Å². The summed E-state index contributed by atoms with van der Waals surface area (Å²) in [6, 6.07) is 6.30. The Hall–Kier alpha value is -1.02. The van der Waals surface area contributed by atoms with E-state index in [9.17, 15) is 0 Å². The van der Waals surface area contributed by atoms with Gasteiger partial charge in [0.2, 0.25) is 0 Å². The molecule has 0 aromatic heterocycles. The highest BCUT2D eigenvalue weighted by atomic mass is 15.0. The third-order valence-electron chi connectivity index (χ3n) is 3.09. The van der Waals surface area contributed by atoms with Crippen LogP contribution in [0.1, 0.15) is 52.2 Å². The smallest absolute Gasteiger partial charge is 0.0346 e. The van der Waals surface area contributed by atoms with E-state index in [2.05, 4.69) is 58.1 Å². The molecule has 0 aliphatic rings. The Balaban J connectivity index is 2.61. The molecule has 0 saturated carbocycles. The summed E-state index contributed by atoms with van der Waals surface area (Å²) in [6.45, 7) is 14.3. The van der Waals surface area contributed by atoms with Crippen molar-refractivity contribution in [3.63, 3.8) is 0 Å². The van der Waals surface area contributed by atoms with Crippen molar-refractivity contribution in [2.24, 2.45) is 5.41 Å². The van der Waals surface area contributed by atoms with E-state index >= 15 is 0 Å². The highest BCUT2D eigenvalue weighted by molar-refractivity contribution is 5.48. The second-order valence-electron chi connectivity index (χ2n) is 7.17. The quantitative estimate of drug-likeness (QED) is 0.794. The molecule has 1 aromatic rings. The molecule has 0 amide bonds. The van der Waals surface area contributed by atoms with Crippen molar-refractivity contribution in [2.75, 3.05) is 5.73 Å². The van der Waals surface area contributed by atoms with Gasteiger partial charge < -0.3 is 11.1 Å². The van der Waals surface area contributed by atoms with Crippen LogP contribution in [0.5, 0.6) is 0 Å². The lowest BCUT2D eigenvalue weighted by Crippen LogP contribution is -2.41. The standard InChI is InChI=1S/C16H28N2/c1-12-7-8-13(9-14(12)17)10-18-16(5,6)11-15(2,3)4/h7-9,18H,10-11,17H2,1-6H3. The first-order valence-electron chi connectivity index (χ1n) is 6.69. The Morgan fingerprint density at radius 3 is 2.22 bits per heavy atom. The first-order valence-corrected chi connectivity index (χ1v) is 6.69. The zero-order valence-electron chi connectivity index (χ0n) is 12.7. The van der Waals surface area contributed by atoms with Crippen LogP contribution in [-0.4, -0.2) is 5.54 Å². The highest BCUT2D eigenvalue weighted by Crippen LogP contribution is 2.27. The van der Waals surface area contributed by atoms with Gasteiger partial charge in [-0.2, -0.15) is 0 Å². The summed E-state index contributed by atoms with van der Waals surface area (Å²) in [5, 5.41) is 3.62. The molecule has 0 radical (unpaired) electrons. The average Bonchev–Trinajstić information content (AvgIpc) is 2.16. The number of nitrogen functional groups attached to an aromatic ring is 1. The van der Waals surface area contributed by atoms with Crippen LogP contribution in [0.15, 0.2) is 18.2 Å². The zero-order chi connectivity index (χ0) is 14.0. The van der Waals surface area contributed by atoms with Crippen LogP contribution in [-0.2, 0) is 6.54 Å². The molecule has 0 atom stereocenters. The molecule has 0 fully saturated rings. The van der Waals surface area contributed by atoms with Gasteiger partial charge in [0.25, 0.3) is 0 Å². The van der Waals surface area contributed by atoms with Crippen LogP contribution in [0.4, 0.5) is 5.69 Å². The molecule has 0 spiro atoms. The Morgan fingerprint density at radius 2 is 1.72 bits per heavy atom. The summed E-state index contributed by atoms with van der Waals surface area (Å²) in [5.74, 6) is 0. The van der Waals surface area contributed by atoms with E-state index in [1.807, 2.05) is 6.92 Å². The molecule has 0 unspecified atom stereocenters. The summed E-state index contributed by atoms with van der Waals surface area (Å²) < 4.78 is 0. The van der Waals surface area contributed by atoms with Crippen molar-refractivity contribution in [3.8, 4) is 0 Å². The van der Waals surface area contributed by atoms with Crippen LogP contribution in [0.2, 0.25) is 0 Å². The number of nitrogens with one attached hydrogen (secondary N) is 1. The second kappa shape index (κ2) is 5.31. The summed E-state index contributed by atoms with van der Waals surface area (Å²) in [6.07, 6.45) is 1.14. The van der Waals surface area contributed by atoms with Crippen molar-refractivity contribution in [3.05, 3.63) is 29.3 Å². The minimum Gasteiger partial charge on any atom is -0.399 e. The largest absolute Gasteiger partial charge is 0.399 e. The molecule has 3 N–H and O–H groups in total. The molecule has 0 heterocycles. The lowest BCUT2D eigenvalue weighted by atomic mass is 9.82. The fourth-order valence-corrected chi connectivity index (χ4v) is 2.53. The van der Waals surface area contributed by atoms with E-state index in [-0.39, 0.29) is 5.54 Å². The SMILES string of the molecule is Cc1ccc(CNC(C)(C)CC(C)(C)C)cc1N. The summed E-state index contributed by atoms with van der Waals surface area (Å²) in [4.78, 5) is 0.